The molecule has 0 fully saturated rings. The molecular formula is C19H22N2O4S. The van der Waals surface area contributed by atoms with Crippen molar-refractivity contribution in [3.8, 4) is 11.5 Å². The molecule has 6 nitrogen and oxygen atoms in total. The van der Waals surface area contributed by atoms with Crippen LogP contribution in [-0.4, -0.2) is 32.4 Å². The first-order valence-corrected chi connectivity index (χ1v) is 8.44. The molecule has 0 aromatic heterocycles. The minimum absolute atomic E-state index is 0.288. The highest BCUT2D eigenvalue weighted by molar-refractivity contribution is 7.80. The van der Waals surface area contributed by atoms with Crippen molar-refractivity contribution in [3.05, 3.63) is 47.5 Å². The summed E-state index contributed by atoms with van der Waals surface area (Å²) in [5.74, 6) is 0.383. The number of hydrogen-bond donors (Lipinski definition) is 2. The molecule has 2 aromatic rings. The molecule has 0 bridgehead atoms. The largest absolute Gasteiger partial charge is 0.493 e. The van der Waals surface area contributed by atoms with Crippen LogP contribution in [0.25, 0.3) is 0 Å². The van der Waals surface area contributed by atoms with E-state index in [1.165, 1.54) is 26.9 Å². The molecule has 0 atom stereocenters. The molecule has 0 aliphatic rings. The second-order valence-corrected chi connectivity index (χ2v) is 5.78. The van der Waals surface area contributed by atoms with E-state index in [-0.39, 0.29) is 5.56 Å². The van der Waals surface area contributed by atoms with Crippen LogP contribution < -0.4 is 20.1 Å². The molecule has 0 heterocycles. The van der Waals surface area contributed by atoms with E-state index in [2.05, 4.69) is 17.6 Å². The van der Waals surface area contributed by atoms with E-state index in [1.54, 1.807) is 12.1 Å². The van der Waals surface area contributed by atoms with Crippen molar-refractivity contribution in [2.75, 3.05) is 32.0 Å². The first-order chi connectivity index (χ1) is 12.5. The zero-order valence-corrected chi connectivity index (χ0v) is 16.0. The summed E-state index contributed by atoms with van der Waals surface area (Å²) in [4.78, 5) is 12.1. The Kier molecular flexibility index (Phi) is 6.80. The van der Waals surface area contributed by atoms with Crippen LogP contribution in [0.5, 0.6) is 11.5 Å². The number of carbonyl (C=O) groups is 1. The van der Waals surface area contributed by atoms with E-state index in [1.807, 2.05) is 24.3 Å². The van der Waals surface area contributed by atoms with Crippen molar-refractivity contribution in [1.29, 1.82) is 0 Å². The second-order valence-electron chi connectivity index (χ2n) is 5.37. The summed E-state index contributed by atoms with van der Waals surface area (Å²) < 4.78 is 15.4. The van der Waals surface area contributed by atoms with Gasteiger partial charge in [-0.2, -0.15) is 0 Å². The highest BCUT2D eigenvalue weighted by Gasteiger charge is 2.18. The van der Waals surface area contributed by atoms with Crippen LogP contribution in [0.15, 0.2) is 36.4 Å². The van der Waals surface area contributed by atoms with Crippen molar-refractivity contribution in [3.63, 3.8) is 0 Å². The lowest BCUT2D eigenvalue weighted by Gasteiger charge is -2.16. The molecule has 2 aromatic carbocycles. The standard InChI is InChI=1S/C19H22N2O4S/c1-5-12-6-8-13(9-7-12)20-19(26)21-15-11-17(24-3)16(23-2)10-14(15)18(22)25-4/h6-11H,5H2,1-4H3,(H2,20,21,26). The Morgan fingerprint density at radius 2 is 1.62 bits per heavy atom. The fraction of sp³-hybridized carbons (Fsp3) is 0.263. The van der Waals surface area contributed by atoms with Gasteiger partial charge in [0.25, 0.3) is 0 Å². The van der Waals surface area contributed by atoms with Gasteiger partial charge >= 0.3 is 5.97 Å². The van der Waals surface area contributed by atoms with E-state index >= 15 is 0 Å². The topological polar surface area (TPSA) is 68.8 Å². The van der Waals surface area contributed by atoms with E-state index in [4.69, 9.17) is 26.4 Å². The van der Waals surface area contributed by atoms with Crippen molar-refractivity contribution in [1.82, 2.24) is 0 Å². The van der Waals surface area contributed by atoms with Gasteiger partial charge in [0.2, 0.25) is 0 Å². The van der Waals surface area contributed by atoms with Gasteiger partial charge in [0.15, 0.2) is 16.6 Å². The lowest BCUT2D eigenvalue weighted by Crippen LogP contribution is -2.21. The quantitative estimate of drug-likeness (QED) is 0.588. The molecule has 0 radical (unpaired) electrons. The maximum Gasteiger partial charge on any atom is 0.340 e. The summed E-state index contributed by atoms with van der Waals surface area (Å²) in [7, 11) is 4.33. The Morgan fingerprint density at radius 3 is 2.15 bits per heavy atom. The number of benzene rings is 2. The SMILES string of the molecule is CCc1ccc(NC(=S)Nc2cc(OC)c(OC)cc2C(=O)OC)cc1. The number of carbonyl (C=O) groups excluding carboxylic acids is 1. The molecule has 0 amide bonds. The molecule has 0 spiro atoms. The molecular weight excluding hydrogens is 352 g/mol. The number of rotatable bonds is 6. The highest BCUT2D eigenvalue weighted by Crippen LogP contribution is 2.33. The Labute approximate surface area is 158 Å². The third-order valence-electron chi connectivity index (χ3n) is 3.80. The van der Waals surface area contributed by atoms with Gasteiger partial charge in [-0.25, -0.2) is 4.79 Å². The van der Waals surface area contributed by atoms with Crippen molar-refractivity contribution < 1.29 is 19.0 Å². The Hall–Kier alpha value is -2.80. The maximum absolute atomic E-state index is 12.1. The summed E-state index contributed by atoms with van der Waals surface area (Å²) in [6.07, 6.45) is 0.969. The van der Waals surface area contributed by atoms with Gasteiger partial charge in [0.1, 0.15) is 0 Å². The summed E-state index contributed by atoms with van der Waals surface area (Å²) in [6.45, 7) is 2.10. The minimum Gasteiger partial charge on any atom is -0.493 e. The highest BCUT2D eigenvalue weighted by atomic mass is 32.1. The molecule has 26 heavy (non-hydrogen) atoms. The molecule has 0 saturated heterocycles. The third kappa shape index (κ3) is 4.64. The number of aryl methyl sites for hydroxylation is 1. The van der Waals surface area contributed by atoms with Crippen LogP contribution in [0.3, 0.4) is 0 Å². The van der Waals surface area contributed by atoms with Gasteiger partial charge in [-0.05, 0) is 36.3 Å². The van der Waals surface area contributed by atoms with Gasteiger partial charge in [-0.3, -0.25) is 0 Å². The number of thiocarbonyl (C=S) groups is 1. The fourth-order valence-corrected chi connectivity index (χ4v) is 2.60. The van der Waals surface area contributed by atoms with Crippen LogP contribution >= 0.6 is 12.2 Å². The molecule has 2 N–H and O–H groups in total. The molecule has 0 aliphatic carbocycles. The minimum atomic E-state index is -0.511. The first kappa shape index (κ1) is 19.5. The molecule has 2 rings (SSSR count). The molecule has 0 saturated carbocycles. The van der Waals surface area contributed by atoms with Crippen LogP contribution in [0.2, 0.25) is 0 Å². The van der Waals surface area contributed by atoms with E-state index in [0.29, 0.717) is 22.3 Å². The number of methoxy groups -OCH3 is 3. The lowest BCUT2D eigenvalue weighted by molar-refractivity contribution is 0.0601. The van der Waals surface area contributed by atoms with Gasteiger partial charge in [-0.15, -0.1) is 0 Å². The number of nitrogens with one attached hydrogen (secondary N) is 2. The molecule has 138 valence electrons. The molecule has 0 unspecified atom stereocenters. The Balaban J connectivity index is 2.25. The number of hydrogen-bond acceptors (Lipinski definition) is 5. The van der Waals surface area contributed by atoms with Crippen LogP contribution in [0.1, 0.15) is 22.8 Å². The maximum atomic E-state index is 12.1. The van der Waals surface area contributed by atoms with E-state index < -0.39 is 5.97 Å². The smallest absolute Gasteiger partial charge is 0.340 e. The second kappa shape index (κ2) is 9.05. The van der Waals surface area contributed by atoms with Gasteiger partial charge in [0.05, 0.1) is 32.6 Å². The van der Waals surface area contributed by atoms with Gasteiger partial charge < -0.3 is 24.8 Å². The van der Waals surface area contributed by atoms with E-state index in [0.717, 1.165) is 12.1 Å². The average molecular weight is 374 g/mol. The van der Waals surface area contributed by atoms with Gasteiger partial charge in [0, 0.05) is 17.8 Å². The normalized spacial score (nSPS) is 10.0. The third-order valence-corrected chi connectivity index (χ3v) is 4.00. The average Bonchev–Trinajstić information content (AvgIpc) is 2.67. The number of anilines is 2. The zero-order chi connectivity index (χ0) is 19.1. The van der Waals surface area contributed by atoms with E-state index in [9.17, 15) is 4.79 Å². The van der Waals surface area contributed by atoms with Crippen molar-refractivity contribution in [2.24, 2.45) is 0 Å². The first-order valence-electron chi connectivity index (χ1n) is 8.03. The fourth-order valence-electron chi connectivity index (χ4n) is 2.37. The van der Waals surface area contributed by atoms with Gasteiger partial charge in [-0.1, -0.05) is 19.1 Å². The Bertz CT molecular complexity index is 791. The Morgan fingerprint density at radius 1 is 1.00 bits per heavy atom. The summed E-state index contributed by atoms with van der Waals surface area (Å²) in [6, 6.07) is 11.1. The predicted octanol–water partition coefficient (Wildman–Crippen LogP) is 3.86. The monoisotopic (exact) mass is 374 g/mol. The summed E-state index contributed by atoms with van der Waals surface area (Å²) in [5.41, 5.74) is 2.83. The lowest BCUT2D eigenvalue weighted by atomic mass is 10.1. The summed E-state index contributed by atoms with van der Waals surface area (Å²) >= 11 is 5.36. The van der Waals surface area contributed by atoms with Crippen molar-refractivity contribution >= 4 is 34.7 Å². The number of ether oxygens (including phenoxy) is 3. The van der Waals surface area contributed by atoms with Crippen LogP contribution in [-0.2, 0) is 11.2 Å². The van der Waals surface area contributed by atoms with Crippen LogP contribution in [0.4, 0.5) is 11.4 Å². The zero-order valence-electron chi connectivity index (χ0n) is 15.2. The number of esters is 1. The molecule has 0 aliphatic heterocycles. The van der Waals surface area contributed by atoms with Crippen molar-refractivity contribution in [2.45, 2.75) is 13.3 Å². The molecule has 7 heteroatoms. The predicted molar refractivity (Wildman–Crippen MR) is 107 cm³/mol. The van der Waals surface area contributed by atoms with Crippen LogP contribution in [0, 0.1) is 0 Å². The summed E-state index contributed by atoms with van der Waals surface area (Å²) in [5, 5.41) is 6.44.